The van der Waals surface area contributed by atoms with Crippen LogP contribution in [0.1, 0.15) is 13.3 Å². The van der Waals surface area contributed by atoms with Crippen LogP contribution in [0.5, 0.6) is 0 Å². The number of anilines is 4. The van der Waals surface area contributed by atoms with Crippen LogP contribution in [-0.2, 0) is 10.0 Å². The van der Waals surface area contributed by atoms with E-state index in [1.807, 2.05) is 11.8 Å². The van der Waals surface area contributed by atoms with Crippen LogP contribution in [0.4, 0.5) is 23.3 Å². The van der Waals surface area contributed by atoms with Gasteiger partial charge in [-0.25, -0.2) is 8.42 Å². The molecule has 0 saturated carbocycles. The molecular weight excluding hydrogens is 328 g/mol. The third-order valence-corrected chi connectivity index (χ3v) is 5.01. The molecule has 0 amide bonds. The normalized spacial score (nSPS) is 14.1. The Morgan fingerprint density at radius 1 is 1.17 bits per heavy atom. The van der Waals surface area contributed by atoms with Gasteiger partial charge in [-0.15, -0.1) is 0 Å². The monoisotopic (exact) mass is 348 g/mol. The lowest BCUT2D eigenvalue weighted by molar-refractivity contribution is 0.598. The van der Waals surface area contributed by atoms with Gasteiger partial charge in [-0.05, 0) is 37.6 Å². The lowest BCUT2D eigenvalue weighted by Crippen LogP contribution is -2.38. The van der Waals surface area contributed by atoms with E-state index in [-0.39, 0.29) is 10.7 Å². The van der Waals surface area contributed by atoms with Crippen molar-refractivity contribution in [1.82, 2.24) is 9.97 Å². The number of nitrogens with zero attached hydrogens (tertiary/aromatic N) is 3. The number of hydrogen-bond donors (Lipinski definition) is 3. The molecular formula is C15H20N6O2S. The molecule has 24 heavy (non-hydrogen) atoms. The van der Waals surface area contributed by atoms with Gasteiger partial charge in [0.05, 0.1) is 4.90 Å². The molecule has 1 aromatic carbocycles. The first-order valence-electron chi connectivity index (χ1n) is 7.74. The SMILES string of the molecule is CCNc1cc(NS(=O)(=O)c2ccc(N)cc2)nc(N2CCC2)n1. The van der Waals surface area contributed by atoms with E-state index in [4.69, 9.17) is 5.73 Å². The minimum absolute atomic E-state index is 0.130. The van der Waals surface area contributed by atoms with Crippen molar-refractivity contribution < 1.29 is 8.42 Å². The highest BCUT2D eigenvalue weighted by molar-refractivity contribution is 7.92. The highest BCUT2D eigenvalue weighted by atomic mass is 32.2. The van der Waals surface area contributed by atoms with Gasteiger partial charge in [0.15, 0.2) is 0 Å². The zero-order valence-electron chi connectivity index (χ0n) is 13.4. The van der Waals surface area contributed by atoms with E-state index in [0.717, 1.165) is 19.5 Å². The second-order valence-electron chi connectivity index (χ2n) is 5.48. The number of rotatable bonds is 6. The first-order valence-corrected chi connectivity index (χ1v) is 9.22. The van der Waals surface area contributed by atoms with Gasteiger partial charge in [0.2, 0.25) is 5.95 Å². The molecule has 0 atom stereocenters. The fraction of sp³-hybridized carbons (Fsp3) is 0.333. The van der Waals surface area contributed by atoms with E-state index < -0.39 is 10.0 Å². The van der Waals surface area contributed by atoms with Crippen LogP contribution < -0.4 is 20.7 Å². The lowest BCUT2D eigenvalue weighted by atomic mass is 10.2. The van der Waals surface area contributed by atoms with Crippen LogP contribution in [0.25, 0.3) is 0 Å². The Morgan fingerprint density at radius 2 is 1.83 bits per heavy atom. The summed E-state index contributed by atoms with van der Waals surface area (Å²) < 4.78 is 27.5. The summed E-state index contributed by atoms with van der Waals surface area (Å²) in [6.45, 7) is 4.38. The molecule has 1 aliphatic rings. The van der Waals surface area contributed by atoms with Crippen LogP contribution in [0.2, 0.25) is 0 Å². The van der Waals surface area contributed by atoms with Gasteiger partial charge in [0.25, 0.3) is 10.0 Å². The third kappa shape index (κ3) is 3.51. The van der Waals surface area contributed by atoms with Crippen molar-refractivity contribution in [2.75, 3.05) is 40.3 Å². The van der Waals surface area contributed by atoms with Gasteiger partial charge in [-0.2, -0.15) is 9.97 Å². The van der Waals surface area contributed by atoms with E-state index in [1.54, 1.807) is 18.2 Å². The predicted octanol–water partition coefficient (Wildman–Crippen LogP) is 1.50. The number of aromatic nitrogens is 2. The Hall–Kier alpha value is -2.55. The standard InChI is InChI=1S/C15H20N6O2S/c1-2-17-13-10-14(19-15(18-13)21-8-3-9-21)20-24(22,23)12-6-4-11(16)5-7-12/h4-7,10H,2-3,8-9,16H2,1H3,(H2,17,18,19,20). The van der Waals surface area contributed by atoms with Gasteiger partial charge in [-0.3, -0.25) is 4.72 Å². The maximum absolute atomic E-state index is 12.5. The number of nitrogens with two attached hydrogens (primary N) is 1. The number of nitrogen functional groups attached to an aromatic ring is 1. The van der Waals surface area contributed by atoms with E-state index in [1.165, 1.54) is 12.1 Å². The quantitative estimate of drug-likeness (QED) is 0.678. The largest absolute Gasteiger partial charge is 0.399 e. The van der Waals surface area contributed by atoms with Gasteiger partial charge in [0.1, 0.15) is 11.6 Å². The average molecular weight is 348 g/mol. The molecule has 8 nitrogen and oxygen atoms in total. The molecule has 0 spiro atoms. The Bertz CT molecular complexity index is 818. The van der Waals surface area contributed by atoms with Gasteiger partial charge in [-0.1, -0.05) is 0 Å². The summed E-state index contributed by atoms with van der Waals surface area (Å²) in [6, 6.07) is 7.59. The van der Waals surface area contributed by atoms with Gasteiger partial charge >= 0.3 is 0 Å². The van der Waals surface area contributed by atoms with Crippen LogP contribution >= 0.6 is 0 Å². The molecule has 0 aliphatic carbocycles. The molecule has 0 unspecified atom stereocenters. The van der Waals surface area contributed by atoms with Gasteiger partial charge in [0, 0.05) is 31.4 Å². The Labute approximate surface area is 141 Å². The van der Waals surface area contributed by atoms with Crippen molar-refractivity contribution in [3.63, 3.8) is 0 Å². The summed E-state index contributed by atoms with van der Waals surface area (Å²) in [6.07, 6.45) is 1.08. The van der Waals surface area contributed by atoms with Crippen molar-refractivity contribution in [1.29, 1.82) is 0 Å². The first-order chi connectivity index (χ1) is 11.5. The molecule has 128 valence electrons. The van der Waals surface area contributed by atoms with E-state index in [9.17, 15) is 8.42 Å². The Kier molecular flexibility index (Phi) is 4.43. The molecule has 9 heteroatoms. The zero-order valence-corrected chi connectivity index (χ0v) is 14.2. The molecule has 2 heterocycles. The zero-order chi connectivity index (χ0) is 17.2. The smallest absolute Gasteiger partial charge is 0.263 e. The van der Waals surface area contributed by atoms with Crippen molar-refractivity contribution in [3.05, 3.63) is 30.3 Å². The van der Waals surface area contributed by atoms with Crippen LogP contribution in [0.15, 0.2) is 35.2 Å². The Balaban J connectivity index is 1.90. The van der Waals surface area contributed by atoms with E-state index in [0.29, 0.717) is 24.0 Å². The number of nitrogens with one attached hydrogen (secondary N) is 2. The molecule has 0 radical (unpaired) electrons. The number of sulfonamides is 1. The van der Waals surface area contributed by atoms with Crippen molar-refractivity contribution >= 4 is 33.3 Å². The summed E-state index contributed by atoms with van der Waals surface area (Å²) in [4.78, 5) is 10.9. The van der Waals surface area contributed by atoms with Gasteiger partial charge < -0.3 is 16.0 Å². The minimum atomic E-state index is -3.74. The van der Waals surface area contributed by atoms with Crippen molar-refractivity contribution in [3.8, 4) is 0 Å². The van der Waals surface area contributed by atoms with Crippen LogP contribution in [0.3, 0.4) is 0 Å². The van der Waals surface area contributed by atoms with E-state index >= 15 is 0 Å². The van der Waals surface area contributed by atoms with Crippen molar-refractivity contribution in [2.45, 2.75) is 18.2 Å². The maximum atomic E-state index is 12.5. The van der Waals surface area contributed by atoms with Crippen LogP contribution in [0, 0.1) is 0 Å². The summed E-state index contributed by atoms with van der Waals surface area (Å²) in [5.74, 6) is 1.35. The number of hydrogen-bond acceptors (Lipinski definition) is 7. The Morgan fingerprint density at radius 3 is 2.42 bits per heavy atom. The molecule has 1 aliphatic heterocycles. The van der Waals surface area contributed by atoms with Crippen molar-refractivity contribution in [2.24, 2.45) is 0 Å². The number of benzene rings is 1. The molecule has 2 aromatic rings. The molecule has 1 fully saturated rings. The molecule has 1 aromatic heterocycles. The van der Waals surface area contributed by atoms with E-state index in [2.05, 4.69) is 20.0 Å². The summed E-state index contributed by atoms with van der Waals surface area (Å²) >= 11 is 0. The lowest BCUT2D eigenvalue weighted by Gasteiger charge is -2.31. The third-order valence-electron chi connectivity index (χ3n) is 3.64. The summed E-state index contributed by atoms with van der Waals surface area (Å²) in [7, 11) is -3.74. The second-order valence-corrected chi connectivity index (χ2v) is 7.17. The molecule has 1 saturated heterocycles. The molecule has 4 N–H and O–H groups in total. The maximum Gasteiger partial charge on any atom is 0.263 e. The topological polar surface area (TPSA) is 113 Å². The molecule has 0 bridgehead atoms. The predicted molar refractivity (Wildman–Crippen MR) is 94.7 cm³/mol. The summed E-state index contributed by atoms with van der Waals surface area (Å²) in [5, 5.41) is 3.10. The second kappa shape index (κ2) is 6.52. The first kappa shape index (κ1) is 16.3. The minimum Gasteiger partial charge on any atom is -0.399 e. The average Bonchev–Trinajstić information content (AvgIpc) is 2.45. The molecule has 3 rings (SSSR count). The van der Waals surface area contributed by atoms with Crippen LogP contribution in [-0.4, -0.2) is 38.0 Å². The fourth-order valence-corrected chi connectivity index (χ4v) is 3.25. The highest BCUT2D eigenvalue weighted by Gasteiger charge is 2.21. The highest BCUT2D eigenvalue weighted by Crippen LogP contribution is 2.23. The fourth-order valence-electron chi connectivity index (χ4n) is 2.26. The summed E-state index contributed by atoms with van der Waals surface area (Å²) in [5.41, 5.74) is 6.11.